The number of anilines is 1. The predicted octanol–water partition coefficient (Wildman–Crippen LogP) is 3.00. The third-order valence-corrected chi connectivity index (χ3v) is 15.3. The molecule has 2 atom stereocenters. The Bertz CT molecular complexity index is 2420. The lowest BCUT2D eigenvalue weighted by Gasteiger charge is -2.43. The van der Waals surface area contributed by atoms with E-state index in [-0.39, 0.29) is 47.6 Å². The van der Waals surface area contributed by atoms with Crippen LogP contribution in [-0.4, -0.2) is 109 Å². The average molecular weight is 801 g/mol. The Hall–Kier alpha value is -4.45. The number of piperidine rings is 4. The Morgan fingerprint density at radius 3 is 2.30 bits per heavy atom. The maximum Gasteiger partial charge on any atom is 0.329 e. The topological polar surface area (TPSA) is 177 Å². The van der Waals surface area contributed by atoms with Crippen molar-refractivity contribution in [1.82, 2.24) is 42.5 Å². The fraction of sp³-hybridized carbons (Fsp3) is 0.600. The van der Waals surface area contributed by atoms with E-state index in [4.69, 9.17) is 4.98 Å². The SMILES string of the molecule is Cn1c(=O)n(C2CCC(=O)NC2=O)c2cccc(C3CCN(C4CCCN(S(=O)(=O)N5CCC(Nc6ncc7ccc(=O)n(C8CCCC8)c7n6)CC5)C4)CC3)c21. The van der Waals surface area contributed by atoms with Gasteiger partial charge in [0.1, 0.15) is 11.7 Å². The number of carbonyl (C=O) groups excluding carboxylic acids is 2. The fourth-order valence-electron chi connectivity index (χ4n) is 10.2. The summed E-state index contributed by atoms with van der Waals surface area (Å²) in [5.41, 5.74) is 2.97. The van der Waals surface area contributed by atoms with E-state index in [9.17, 15) is 27.6 Å². The molecule has 2 N–H and O–H groups in total. The van der Waals surface area contributed by atoms with Gasteiger partial charge in [0.2, 0.25) is 17.8 Å². The molecule has 0 spiro atoms. The van der Waals surface area contributed by atoms with Crippen LogP contribution in [-0.2, 0) is 26.8 Å². The third-order valence-electron chi connectivity index (χ3n) is 13.3. The second kappa shape index (κ2) is 15.4. The number of carbonyl (C=O) groups is 2. The minimum atomic E-state index is -3.64. The fourth-order valence-corrected chi connectivity index (χ4v) is 12.0. The Morgan fingerprint density at radius 1 is 0.789 bits per heavy atom. The van der Waals surface area contributed by atoms with Crippen molar-refractivity contribution in [3.05, 3.63) is 62.9 Å². The maximum absolute atomic E-state index is 14.0. The molecule has 7 heterocycles. The molecule has 9 rings (SSSR count). The summed E-state index contributed by atoms with van der Waals surface area (Å²) in [6, 6.07) is 8.87. The van der Waals surface area contributed by atoms with Gasteiger partial charge >= 0.3 is 5.69 Å². The van der Waals surface area contributed by atoms with Gasteiger partial charge < -0.3 is 5.32 Å². The molecule has 16 nitrogen and oxygen atoms in total. The van der Waals surface area contributed by atoms with Crippen LogP contribution in [0.3, 0.4) is 0 Å². The molecule has 304 valence electrons. The van der Waals surface area contributed by atoms with Gasteiger partial charge in [-0.1, -0.05) is 25.0 Å². The summed E-state index contributed by atoms with van der Waals surface area (Å²) in [5.74, 6) is -0.0739. The number of nitrogens with one attached hydrogen (secondary N) is 2. The van der Waals surface area contributed by atoms with Crippen molar-refractivity contribution >= 4 is 50.0 Å². The number of aromatic nitrogens is 5. The van der Waals surface area contributed by atoms with E-state index in [1.165, 1.54) is 0 Å². The molecule has 1 saturated carbocycles. The highest BCUT2D eigenvalue weighted by Crippen LogP contribution is 2.36. The van der Waals surface area contributed by atoms with Crippen LogP contribution in [0.4, 0.5) is 5.95 Å². The van der Waals surface area contributed by atoms with Crippen molar-refractivity contribution in [1.29, 1.82) is 0 Å². The zero-order chi connectivity index (χ0) is 39.4. The summed E-state index contributed by atoms with van der Waals surface area (Å²) >= 11 is 0. The smallest absolute Gasteiger partial charge is 0.329 e. The third kappa shape index (κ3) is 7.10. The van der Waals surface area contributed by atoms with Crippen LogP contribution in [0.5, 0.6) is 0 Å². The van der Waals surface area contributed by atoms with Crippen molar-refractivity contribution in [3.8, 4) is 0 Å². The van der Waals surface area contributed by atoms with E-state index >= 15 is 0 Å². The lowest BCUT2D eigenvalue weighted by atomic mass is 9.87. The summed E-state index contributed by atoms with van der Waals surface area (Å²) in [7, 11) is -1.89. The van der Waals surface area contributed by atoms with Crippen molar-refractivity contribution in [2.75, 3.05) is 44.6 Å². The van der Waals surface area contributed by atoms with Gasteiger partial charge in [0, 0.05) is 75.4 Å². The number of benzene rings is 1. The number of imidazole rings is 1. The van der Waals surface area contributed by atoms with Crippen LogP contribution in [0.2, 0.25) is 0 Å². The summed E-state index contributed by atoms with van der Waals surface area (Å²) in [5, 5.41) is 6.66. The van der Waals surface area contributed by atoms with Crippen LogP contribution in [0, 0.1) is 0 Å². The van der Waals surface area contributed by atoms with E-state index < -0.39 is 22.2 Å². The number of pyridine rings is 1. The summed E-state index contributed by atoms with van der Waals surface area (Å²) in [6.45, 7) is 3.45. The van der Waals surface area contributed by atoms with Gasteiger partial charge in [-0.2, -0.15) is 22.0 Å². The first-order valence-corrected chi connectivity index (χ1v) is 22.1. The standard InChI is InChI=1S/C40H52N10O6S/c1-45-36-31(9-4-10-32(36)50(40(45)54)33-12-13-34(51)43-38(33)53)26-15-20-46(21-16-26)30-8-5-19-48(25-30)57(55,56)47-22-17-28(18-23-47)42-39-41-24-27-11-14-35(52)49(37(27)44-39)29-6-2-3-7-29/h4,9-11,14,24,26,28-30,33H,2-3,5-8,12-13,15-23,25H2,1H3,(H,41,42,44)(H,43,51,53). The lowest BCUT2D eigenvalue weighted by molar-refractivity contribution is -0.135. The molecule has 1 aromatic carbocycles. The minimum Gasteiger partial charge on any atom is -0.351 e. The molecule has 2 amide bonds. The number of imide groups is 1. The van der Waals surface area contributed by atoms with E-state index in [1.807, 2.05) is 16.7 Å². The first-order chi connectivity index (χ1) is 27.6. The summed E-state index contributed by atoms with van der Waals surface area (Å²) in [4.78, 5) is 62.7. The quantitative estimate of drug-likeness (QED) is 0.252. The zero-order valence-corrected chi connectivity index (χ0v) is 33.3. The van der Waals surface area contributed by atoms with Crippen molar-refractivity contribution in [2.45, 2.75) is 107 Å². The van der Waals surface area contributed by atoms with Gasteiger partial charge in [-0.3, -0.25) is 38.3 Å². The van der Waals surface area contributed by atoms with Crippen LogP contribution in [0.15, 0.2) is 46.1 Å². The largest absolute Gasteiger partial charge is 0.351 e. The number of hydrogen-bond acceptors (Lipinski definition) is 10. The number of para-hydroxylation sites is 1. The molecular formula is C40H52N10O6S. The number of aryl methyl sites for hydroxylation is 1. The summed E-state index contributed by atoms with van der Waals surface area (Å²) in [6.07, 6.45) is 11.2. The Balaban J connectivity index is 0.817. The highest BCUT2D eigenvalue weighted by atomic mass is 32.2. The lowest BCUT2D eigenvalue weighted by Crippen LogP contribution is -2.55. The van der Waals surface area contributed by atoms with Gasteiger partial charge in [-0.05, 0) is 94.5 Å². The maximum atomic E-state index is 14.0. The van der Waals surface area contributed by atoms with Crippen LogP contribution in [0.25, 0.3) is 22.1 Å². The molecule has 17 heteroatoms. The molecule has 3 aromatic heterocycles. The second-order valence-electron chi connectivity index (χ2n) is 16.6. The molecule has 57 heavy (non-hydrogen) atoms. The molecule has 0 radical (unpaired) electrons. The zero-order valence-electron chi connectivity index (χ0n) is 32.5. The van der Waals surface area contributed by atoms with Gasteiger partial charge in [-0.25, -0.2) is 9.78 Å². The van der Waals surface area contributed by atoms with E-state index in [1.54, 1.807) is 43.1 Å². The molecule has 0 bridgehead atoms. The molecule has 5 fully saturated rings. The predicted molar refractivity (Wildman–Crippen MR) is 215 cm³/mol. The first kappa shape index (κ1) is 38.1. The molecular weight excluding hydrogens is 749 g/mol. The molecule has 5 aliphatic rings. The number of hydrogen-bond donors (Lipinski definition) is 2. The Morgan fingerprint density at radius 2 is 1.54 bits per heavy atom. The number of nitrogens with zero attached hydrogens (tertiary/aromatic N) is 8. The second-order valence-corrected chi connectivity index (χ2v) is 18.6. The van der Waals surface area contributed by atoms with Gasteiger partial charge in [0.05, 0.1) is 11.0 Å². The summed E-state index contributed by atoms with van der Waals surface area (Å²) < 4.78 is 36.4. The van der Waals surface area contributed by atoms with Crippen LogP contribution < -0.4 is 21.9 Å². The number of likely N-dealkylation sites (tertiary alicyclic amines) is 1. The Labute approximate surface area is 331 Å². The minimum absolute atomic E-state index is 0.0175. The average Bonchev–Trinajstić information content (AvgIpc) is 3.84. The van der Waals surface area contributed by atoms with Gasteiger partial charge in [0.15, 0.2) is 0 Å². The molecule has 4 aliphatic heterocycles. The first-order valence-electron chi connectivity index (χ1n) is 20.7. The van der Waals surface area contributed by atoms with E-state index in [0.717, 1.165) is 80.9 Å². The number of amides is 2. The molecule has 2 unspecified atom stereocenters. The highest BCUT2D eigenvalue weighted by molar-refractivity contribution is 7.86. The van der Waals surface area contributed by atoms with Crippen molar-refractivity contribution in [3.63, 3.8) is 0 Å². The van der Waals surface area contributed by atoms with Crippen LogP contribution >= 0.6 is 0 Å². The van der Waals surface area contributed by atoms with E-state index in [0.29, 0.717) is 62.6 Å². The van der Waals surface area contributed by atoms with Gasteiger partial charge in [0.25, 0.3) is 15.8 Å². The Kier molecular flexibility index (Phi) is 10.3. The van der Waals surface area contributed by atoms with Crippen LogP contribution in [0.1, 0.15) is 101 Å². The number of rotatable bonds is 8. The molecule has 4 aromatic rings. The monoisotopic (exact) mass is 800 g/mol. The number of fused-ring (bicyclic) bond motifs is 2. The molecule has 1 aliphatic carbocycles. The molecule has 4 saturated heterocycles. The van der Waals surface area contributed by atoms with Gasteiger partial charge in [-0.15, -0.1) is 0 Å². The van der Waals surface area contributed by atoms with E-state index in [2.05, 4.69) is 26.6 Å². The normalized spacial score (nSPS) is 24.4. The highest BCUT2D eigenvalue weighted by Gasteiger charge is 2.39. The van der Waals surface area contributed by atoms with Crippen molar-refractivity contribution < 1.29 is 18.0 Å². The van der Waals surface area contributed by atoms with Crippen molar-refractivity contribution in [2.24, 2.45) is 7.05 Å².